The predicted octanol–water partition coefficient (Wildman–Crippen LogP) is 4.40. The summed E-state index contributed by atoms with van der Waals surface area (Å²) in [5.74, 6) is 0.295. The second kappa shape index (κ2) is 4.92. The number of rotatable bonds is 4. The van der Waals surface area contributed by atoms with Crippen molar-refractivity contribution < 1.29 is 14.1 Å². The van der Waals surface area contributed by atoms with Crippen LogP contribution in [0.5, 0.6) is 11.5 Å². The highest BCUT2D eigenvalue weighted by atomic mass is 19.1. The summed E-state index contributed by atoms with van der Waals surface area (Å²) in [7, 11) is 0. The van der Waals surface area contributed by atoms with Crippen molar-refractivity contribution in [2.24, 2.45) is 0 Å². The van der Waals surface area contributed by atoms with Crippen LogP contribution in [0.25, 0.3) is 0 Å². The Morgan fingerprint density at radius 3 is 2.60 bits per heavy atom. The molecule has 0 atom stereocenters. The van der Waals surface area contributed by atoms with E-state index < -0.39 is 5.82 Å². The van der Waals surface area contributed by atoms with Gasteiger partial charge in [0.25, 0.3) is 5.69 Å². The van der Waals surface area contributed by atoms with Crippen LogP contribution in [0.2, 0.25) is 0 Å². The van der Waals surface area contributed by atoms with E-state index in [1.165, 1.54) is 24.3 Å². The van der Waals surface area contributed by atoms with Crippen molar-refractivity contribution in [1.82, 2.24) is 0 Å². The average Bonchev–Trinajstić information content (AvgIpc) is 3.25. The molecule has 0 N–H and O–H groups in total. The van der Waals surface area contributed by atoms with Crippen molar-refractivity contribution in [3.05, 3.63) is 64.0 Å². The van der Waals surface area contributed by atoms with Gasteiger partial charge in [-0.15, -0.1) is 0 Å². The van der Waals surface area contributed by atoms with Crippen LogP contribution in [-0.2, 0) is 0 Å². The molecule has 5 heteroatoms. The van der Waals surface area contributed by atoms with Gasteiger partial charge >= 0.3 is 0 Å². The molecule has 1 saturated carbocycles. The highest BCUT2D eigenvalue weighted by molar-refractivity contribution is 5.49. The second-order valence-corrected chi connectivity index (χ2v) is 4.78. The first-order chi connectivity index (χ1) is 9.65. The smallest absolute Gasteiger partial charge is 0.273 e. The van der Waals surface area contributed by atoms with Gasteiger partial charge in [0.2, 0.25) is 0 Å². The average molecular weight is 273 g/mol. The van der Waals surface area contributed by atoms with E-state index in [0.717, 1.165) is 12.8 Å². The number of nitrogens with zero attached hydrogens (tertiary/aromatic N) is 1. The molecule has 1 aliphatic rings. The molecular weight excluding hydrogens is 261 g/mol. The van der Waals surface area contributed by atoms with Gasteiger partial charge in [0.15, 0.2) is 11.6 Å². The Morgan fingerprint density at radius 1 is 1.20 bits per heavy atom. The molecule has 3 rings (SSSR count). The number of hydrogen-bond donors (Lipinski definition) is 0. The monoisotopic (exact) mass is 273 g/mol. The largest absolute Gasteiger partial charge is 0.454 e. The Labute approximate surface area is 115 Å². The summed E-state index contributed by atoms with van der Waals surface area (Å²) in [5.41, 5.74) is 0.775. The number of halogens is 1. The molecule has 0 saturated heterocycles. The van der Waals surface area contributed by atoms with E-state index in [-0.39, 0.29) is 22.3 Å². The fourth-order valence-electron chi connectivity index (χ4n) is 2.14. The van der Waals surface area contributed by atoms with Gasteiger partial charge in [-0.3, -0.25) is 10.1 Å². The number of ether oxygens (including phenoxy) is 1. The van der Waals surface area contributed by atoms with Crippen molar-refractivity contribution >= 4 is 5.69 Å². The lowest BCUT2D eigenvalue weighted by Crippen LogP contribution is -1.95. The lowest BCUT2D eigenvalue weighted by Gasteiger charge is -2.08. The van der Waals surface area contributed by atoms with Gasteiger partial charge in [-0.25, -0.2) is 4.39 Å². The van der Waals surface area contributed by atoms with Crippen LogP contribution in [-0.4, -0.2) is 4.92 Å². The number of nitro groups is 1. The lowest BCUT2D eigenvalue weighted by molar-refractivity contribution is -0.385. The van der Waals surface area contributed by atoms with Crippen molar-refractivity contribution in [3.8, 4) is 11.5 Å². The van der Waals surface area contributed by atoms with Gasteiger partial charge in [-0.2, -0.15) is 0 Å². The molecule has 0 spiro atoms. The van der Waals surface area contributed by atoms with Crippen LogP contribution < -0.4 is 4.74 Å². The van der Waals surface area contributed by atoms with Crippen LogP contribution in [0, 0.1) is 15.9 Å². The molecule has 1 aliphatic carbocycles. The predicted molar refractivity (Wildman–Crippen MR) is 71.5 cm³/mol. The normalized spacial score (nSPS) is 14.1. The SMILES string of the molecule is O=[N+]([O-])c1ccc(Oc2ccccc2F)cc1C1CC1. The summed E-state index contributed by atoms with van der Waals surface area (Å²) in [6.45, 7) is 0. The minimum atomic E-state index is -0.459. The fourth-order valence-corrected chi connectivity index (χ4v) is 2.14. The maximum atomic E-state index is 13.5. The van der Waals surface area contributed by atoms with Gasteiger partial charge < -0.3 is 4.74 Å². The second-order valence-electron chi connectivity index (χ2n) is 4.78. The molecule has 0 aliphatic heterocycles. The molecule has 102 valence electrons. The molecule has 2 aromatic carbocycles. The number of benzene rings is 2. The molecule has 2 aromatic rings. The number of hydrogen-bond acceptors (Lipinski definition) is 3. The Bertz CT molecular complexity index is 668. The summed E-state index contributed by atoms with van der Waals surface area (Å²) < 4.78 is 19.0. The zero-order chi connectivity index (χ0) is 14.1. The van der Waals surface area contributed by atoms with Crippen LogP contribution in [0.15, 0.2) is 42.5 Å². The number of para-hydroxylation sites is 1. The topological polar surface area (TPSA) is 52.4 Å². The van der Waals surface area contributed by atoms with Crippen LogP contribution in [0.1, 0.15) is 24.3 Å². The van der Waals surface area contributed by atoms with Crippen molar-refractivity contribution in [1.29, 1.82) is 0 Å². The molecule has 0 radical (unpaired) electrons. The minimum absolute atomic E-state index is 0.105. The third-order valence-corrected chi connectivity index (χ3v) is 3.28. The highest BCUT2D eigenvalue weighted by Gasteiger charge is 2.31. The first kappa shape index (κ1) is 12.6. The molecule has 0 amide bonds. The maximum Gasteiger partial charge on any atom is 0.273 e. The summed E-state index contributed by atoms with van der Waals surface area (Å²) in [6, 6.07) is 10.6. The Balaban J connectivity index is 1.93. The first-order valence-corrected chi connectivity index (χ1v) is 6.36. The molecule has 0 heterocycles. The molecule has 20 heavy (non-hydrogen) atoms. The van der Waals surface area contributed by atoms with E-state index in [1.807, 2.05) is 0 Å². The molecule has 0 bridgehead atoms. The summed E-state index contributed by atoms with van der Waals surface area (Å²) in [6.07, 6.45) is 1.90. The van der Waals surface area contributed by atoms with E-state index in [4.69, 9.17) is 4.74 Å². The first-order valence-electron chi connectivity index (χ1n) is 6.36. The fraction of sp³-hybridized carbons (Fsp3) is 0.200. The van der Waals surface area contributed by atoms with E-state index in [2.05, 4.69) is 0 Å². The van der Waals surface area contributed by atoms with E-state index >= 15 is 0 Å². The van der Waals surface area contributed by atoms with Gasteiger partial charge in [-0.05, 0) is 43.0 Å². The van der Waals surface area contributed by atoms with E-state index in [9.17, 15) is 14.5 Å². The van der Waals surface area contributed by atoms with Crippen molar-refractivity contribution in [2.75, 3.05) is 0 Å². The van der Waals surface area contributed by atoms with E-state index in [0.29, 0.717) is 11.3 Å². The molecule has 0 unspecified atom stereocenters. The molecular formula is C15H12FNO3. The highest BCUT2D eigenvalue weighted by Crippen LogP contribution is 2.45. The van der Waals surface area contributed by atoms with Gasteiger partial charge in [0.1, 0.15) is 5.75 Å². The number of nitro benzene ring substituents is 1. The summed E-state index contributed by atoms with van der Waals surface area (Å²) >= 11 is 0. The minimum Gasteiger partial charge on any atom is -0.454 e. The standard InChI is InChI=1S/C15H12FNO3/c16-13-3-1-2-4-15(13)20-11-7-8-14(17(18)19)12(9-11)10-5-6-10/h1-4,7-10H,5-6H2. The molecule has 0 aromatic heterocycles. The summed E-state index contributed by atoms with van der Waals surface area (Å²) in [4.78, 5) is 10.6. The van der Waals surface area contributed by atoms with Crippen LogP contribution in [0.3, 0.4) is 0 Å². The maximum absolute atomic E-state index is 13.5. The third-order valence-electron chi connectivity index (χ3n) is 3.28. The van der Waals surface area contributed by atoms with Gasteiger partial charge in [0.05, 0.1) is 4.92 Å². The quantitative estimate of drug-likeness (QED) is 0.612. The Hall–Kier alpha value is -2.43. The summed E-state index contributed by atoms with van der Waals surface area (Å²) in [5, 5.41) is 11.0. The Morgan fingerprint density at radius 2 is 1.95 bits per heavy atom. The van der Waals surface area contributed by atoms with Crippen molar-refractivity contribution in [3.63, 3.8) is 0 Å². The Kier molecular flexibility index (Phi) is 3.10. The molecule has 1 fully saturated rings. The van der Waals surface area contributed by atoms with Gasteiger partial charge in [-0.1, -0.05) is 12.1 Å². The zero-order valence-corrected chi connectivity index (χ0v) is 10.6. The van der Waals surface area contributed by atoms with Crippen molar-refractivity contribution in [2.45, 2.75) is 18.8 Å². The van der Waals surface area contributed by atoms with E-state index in [1.54, 1.807) is 18.2 Å². The molecule has 4 nitrogen and oxygen atoms in total. The third kappa shape index (κ3) is 2.47. The lowest BCUT2D eigenvalue weighted by atomic mass is 10.1. The van der Waals surface area contributed by atoms with Crippen LogP contribution >= 0.6 is 0 Å². The van der Waals surface area contributed by atoms with Crippen LogP contribution in [0.4, 0.5) is 10.1 Å². The van der Waals surface area contributed by atoms with Gasteiger partial charge in [0, 0.05) is 11.6 Å². The zero-order valence-electron chi connectivity index (χ0n) is 10.6.